The molecule has 0 radical (unpaired) electrons. The van der Waals surface area contributed by atoms with Gasteiger partial charge in [-0.05, 0) is 0 Å². The third-order valence-corrected chi connectivity index (χ3v) is 8.71. The number of carbonyl (C=O) groups excluding carboxylic acids is 3. The number of hydrogen-bond donors (Lipinski definition) is 1. The van der Waals surface area contributed by atoms with E-state index in [9.17, 15) is 14.4 Å². The second-order valence-corrected chi connectivity index (χ2v) is 12.2. The molecule has 0 aliphatic rings. The molecule has 0 heterocycles. The van der Waals surface area contributed by atoms with Crippen molar-refractivity contribution in [3.63, 3.8) is 0 Å². The Bertz CT molecular complexity index is 1120. The van der Waals surface area contributed by atoms with Crippen LogP contribution in [0, 0.1) is 0 Å². The zero-order valence-electron chi connectivity index (χ0n) is 21.3. The zero-order chi connectivity index (χ0) is 26.5. The first-order chi connectivity index (χ1) is 18.0. The summed E-state index contributed by atoms with van der Waals surface area (Å²) in [5.74, 6) is -0.584. The molecular weight excluding hydrogens is 529 g/mol. The van der Waals surface area contributed by atoms with E-state index in [2.05, 4.69) is 5.32 Å². The topological polar surface area (TPSA) is 81.7 Å². The molecule has 0 saturated carbocycles. The molecule has 4 atom stereocenters. The fourth-order valence-corrected chi connectivity index (χ4v) is 6.38. The summed E-state index contributed by atoms with van der Waals surface area (Å²) in [7, 11) is 0. The van der Waals surface area contributed by atoms with Crippen LogP contribution in [0.2, 0.25) is 0 Å². The van der Waals surface area contributed by atoms with E-state index in [1.807, 2.05) is 80.6 Å². The van der Waals surface area contributed by atoms with E-state index in [0.717, 1.165) is 24.0 Å². The molecule has 3 rings (SSSR count). The quantitative estimate of drug-likeness (QED) is 0.222. The molecule has 6 nitrogen and oxygen atoms in total. The number of benzene rings is 3. The minimum atomic E-state index is -1.22. The molecule has 2 unspecified atom stereocenters. The van der Waals surface area contributed by atoms with Crippen molar-refractivity contribution in [1.82, 2.24) is 5.32 Å². The second kappa shape index (κ2) is 15.0. The van der Waals surface area contributed by atoms with Gasteiger partial charge in [-0.3, -0.25) is 0 Å². The Morgan fingerprint density at radius 1 is 0.865 bits per heavy atom. The Balaban J connectivity index is 1.78. The van der Waals surface area contributed by atoms with Gasteiger partial charge in [-0.1, -0.05) is 0 Å². The van der Waals surface area contributed by atoms with Crippen molar-refractivity contribution in [2.45, 2.75) is 56.6 Å². The van der Waals surface area contributed by atoms with Gasteiger partial charge in [-0.2, -0.15) is 0 Å². The van der Waals surface area contributed by atoms with Crippen LogP contribution in [0.1, 0.15) is 59.3 Å². The number of amides is 1. The summed E-state index contributed by atoms with van der Waals surface area (Å²) in [5.41, 5.74) is 2.29. The van der Waals surface area contributed by atoms with Crippen LogP contribution in [-0.4, -0.2) is 44.5 Å². The molecule has 0 aromatic heterocycles. The molecule has 1 N–H and O–H groups in total. The number of carbonyl (C=O) groups is 3. The molecule has 0 saturated heterocycles. The second-order valence-electron chi connectivity index (χ2n) is 8.79. The van der Waals surface area contributed by atoms with Gasteiger partial charge < -0.3 is 0 Å². The Labute approximate surface area is 225 Å². The normalized spacial score (nSPS) is 13.5. The third kappa shape index (κ3) is 9.22. The van der Waals surface area contributed by atoms with Crippen LogP contribution in [0.5, 0.6) is 0 Å². The molecule has 0 bridgehead atoms. The molecule has 194 valence electrons. The van der Waals surface area contributed by atoms with Crippen LogP contribution in [0.4, 0.5) is 4.79 Å². The van der Waals surface area contributed by atoms with Crippen LogP contribution >= 0.6 is 0 Å². The summed E-state index contributed by atoms with van der Waals surface area (Å²) in [6, 6.07) is 27.1. The summed E-state index contributed by atoms with van der Waals surface area (Å²) in [6.07, 6.45) is 0.372. The average Bonchev–Trinajstić information content (AvgIpc) is 2.94. The molecule has 0 aliphatic carbocycles. The summed E-state index contributed by atoms with van der Waals surface area (Å²) in [6.45, 7) is 4.16. The van der Waals surface area contributed by atoms with Gasteiger partial charge in [-0.25, -0.2) is 0 Å². The van der Waals surface area contributed by atoms with Crippen molar-refractivity contribution in [3.8, 4) is 0 Å². The SMILES string of the molecule is CCCC[C@H](NC(=O)OCc1ccccc1)C(OC(=O)c1ccccc1)C(=O)[AsH][C@H](C)c1ccccc1. The van der Waals surface area contributed by atoms with Gasteiger partial charge in [0.15, 0.2) is 0 Å². The Morgan fingerprint density at radius 3 is 2.08 bits per heavy atom. The summed E-state index contributed by atoms with van der Waals surface area (Å²) in [5, 5.41) is 2.83. The van der Waals surface area contributed by atoms with Crippen molar-refractivity contribution in [2.24, 2.45) is 0 Å². The summed E-state index contributed by atoms with van der Waals surface area (Å²) >= 11 is -1.22. The molecule has 3 aromatic rings. The van der Waals surface area contributed by atoms with Gasteiger partial charge in [0, 0.05) is 0 Å². The van der Waals surface area contributed by atoms with Crippen molar-refractivity contribution in [2.75, 3.05) is 0 Å². The molecule has 7 heteroatoms. The van der Waals surface area contributed by atoms with Gasteiger partial charge in [0.25, 0.3) is 0 Å². The van der Waals surface area contributed by atoms with Gasteiger partial charge in [0.2, 0.25) is 0 Å². The van der Waals surface area contributed by atoms with Crippen molar-refractivity contribution >= 4 is 32.4 Å². The van der Waals surface area contributed by atoms with E-state index in [-0.39, 0.29) is 15.9 Å². The van der Waals surface area contributed by atoms with E-state index in [1.54, 1.807) is 24.3 Å². The number of rotatable bonds is 13. The number of unbranched alkanes of at least 4 members (excludes halogenated alkanes) is 1. The first-order valence-electron chi connectivity index (χ1n) is 12.6. The predicted molar refractivity (Wildman–Crippen MR) is 146 cm³/mol. The van der Waals surface area contributed by atoms with Crippen LogP contribution in [0.25, 0.3) is 0 Å². The average molecular weight is 564 g/mol. The monoisotopic (exact) mass is 563 g/mol. The molecule has 0 aliphatic heterocycles. The first kappa shape index (κ1) is 28.2. The minimum absolute atomic E-state index is 0.0449. The van der Waals surface area contributed by atoms with Gasteiger partial charge in [-0.15, -0.1) is 0 Å². The van der Waals surface area contributed by atoms with Gasteiger partial charge in [0.05, 0.1) is 0 Å². The maximum atomic E-state index is 13.6. The Kier molecular flexibility index (Phi) is 11.4. The van der Waals surface area contributed by atoms with Crippen LogP contribution in [-0.2, 0) is 20.9 Å². The van der Waals surface area contributed by atoms with Gasteiger partial charge in [0.1, 0.15) is 0 Å². The predicted octanol–water partition coefficient (Wildman–Crippen LogP) is 5.42. The maximum absolute atomic E-state index is 13.6. The van der Waals surface area contributed by atoms with Crippen LogP contribution in [0.15, 0.2) is 91.0 Å². The van der Waals surface area contributed by atoms with E-state index >= 15 is 0 Å². The number of alkyl carbamates (subject to hydrolysis) is 1. The van der Waals surface area contributed by atoms with Crippen molar-refractivity contribution < 1.29 is 23.9 Å². The molecule has 1 amide bonds. The fourth-order valence-electron chi connectivity index (χ4n) is 3.84. The van der Waals surface area contributed by atoms with Crippen molar-refractivity contribution in [3.05, 3.63) is 108 Å². The van der Waals surface area contributed by atoms with E-state index in [1.165, 1.54) is 0 Å². The number of esters is 1. The summed E-state index contributed by atoms with van der Waals surface area (Å²) < 4.78 is 11.2. The van der Waals surface area contributed by atoms with E-state index in [4.69, 9.17) is 9.47 Å². The van der Waals surface area contributed by atoms with Crippen LogP contribution < -0.4 is 5.32 Å². The molecular formula is C30H34AsNO5. The molecule has 3 aromatic carbocycles. The molecule has 0 spiro atoms. The van der Waals surface area contributed by atoms with E-state index in [0.29, 0.717) is 12.0 Å². The first-order valence-corrected chi connectivity index (χ1v) is 14.8. The standard InChI is InChI=1S/C30H34AsNO5/c1-3-4-20-26(32-30(35)36-21-23-14-8-5-9-15-23)27(37-29(34)25-18-12-7-13-19-25)28(33)31-22(2)24-16-10-6-11-17-24/h5-19,22,26-27,31H,3-4,20-21H2,1-2H3,(H,32,35)/t22-,26+,27?/m1/s1. The Hall–Kier alpha value is -3.37. The molecule has 37 heavy (non-hydrogen) atoms. The van der Waals surface area contributed by atoms with Crippen molar-refractivity contribution in [1.29, 1.82) is 0 Å². The number of hydrogen-bond acceptors (Lipinski definition) is 5. The fraction of sp³-hybridized carbons (Fsp3) is 0.300. The number of ether oxygens (including phenoxy) is 2. The number of nitrogens with one attached hydrogen (secondary N) is 1. The zero-order valence-corrected chi connectivity index (χ0v) is 23.4. The van der Waals surface area contributed by atoms with Crippen LogP contribution in [0.3, 0.4) is 0 Å². The third-order valence-electron chi connectivity index (χ3n) is 5.91. The molecule has 0 fully saturated rings. The van der Waals surface area contributed by atoms with E-state index < -0.39 is 40.0 Å². The summed E-state index contributed by atoms with van der Waals surface area (Å²) in [4.78, 5) is 39.4. The van der Waals surface area contributed by atoms with Gasteiger partial charge >= 0.3 is 226 Å². The Morgan fingerprint density at radius 2 is 1.46 bits per heavy atom.